The Kier molecular flexibility index (Phi) is 3.30. The van der Waals surface area contributed by atoms with Crippen LogP contribution in [-0.2, 0) is 7.05 Å². The van der Waals surface area contributed by atoms with E-state index in [1.165, 1.54) is 12.8 Å². The molecule has 2 rings (SSSR count). The number of piperidine rings is 1. The van der Waals surface area contributed by atoms with E-state index in [-0.39, 0.29) is 0 Å². The topological polar surface area (TPSA) is 47.1 Å². The van der Waals surface area contributed by atoms with E-state index < -0.39 is 0 Å². The molecule has 2 N–H and O–H groups in total. The Labute approximate surface area is 110 Å². The number of hydrogen-bond donors (Lipinski definition) is 1. The highest BCUT2D eigenvalue weighted by Crippen LogP contribution is 2.36. The van der Waals surface area contributed by atoms with Gasteiger partial charge in [0.15, 0.2) is 0 Å². The first kappa shape index (κ1) is 13.2. The molecule has 0 aromatic carbocycles. The normalized spacial score (nSPS) is 19.6. The molecule has 0 bridgehead atoms. The van der Waals surface area contributed by atoms with Gasteiger partial charge in [0.1, 0.15) is 5.82 Å². The van der Waals surface area contributed by atoms with Gasteiger partial charge in [0.25, 0.3) is 0 Å². The fourth-order valence-corrected chi connectivity index (χ4v) is 2.96. The number of nitrogens with two attached hydrogens (primary N) is 1. The minimum atomic E-state index is 0.368. The molecule has 4 nitrogen and oxygen atoms in total. The van der Waals surface area contributed by atoms with Crippen molar-refractivity contribution >= 4 is 11.5 Å². The van der Waals surface area contributed by atoms with Crippen LogP contribution in [-0.4, -0.2) is 22.9 Å². The summed E-state index contributed by atoms with van der Waals surface area (Å²) in [4.78, 5) is 2.40. The molecule has 0 saturated carbocycles. The second kappa shape index (κ2) is 4.48. The number of nitrogen functional groups attached to an aromatic ring is 1. The summed E-state index contributed by atoms with van der Waals surface area (Å²) in [6, 6.07) is 0. The summed E-state index contributed by atoms with van der Waals surface area (Å²) in [5, 5.41) is 4.58. The van der Waals surface area contributed by atoms with Gasteiger partial charge in [0, 0.05) is 20.1 Å². The van der Waals surface area contributed by atoms with Crippen molar-refractivity contribution in [3.8, 4) is 0 Å². The third kappa shape index (κ3) is 2.33. The van der Waals surface area contributed by atoms with Crippen LogP contribution in [0.4, 0.5) is 11.5 Å². The van der Waals surface area contributed by atoms with Crippen LogP contribution in [0.3, 0.4) is 0 Å². The van der Waals surface area contributed by atoms with Gasteiger partial charge in [-0.25, -0.2) is 0 Å². The fourth-order valence-electron chi connectivity index (χ4n) is 2.96. The molecule has 1 aromatic rings. The van der Waals surface area contributed by atoms with E-state index in [9.17, 15) is 0 Å². The zero-order valence-corrected chi connectivity index (χ0v) is 12.3. The smallest absolute Gasteiger partial charge is 0.150 e. The first-order chi connectivity index (χ1) is 8.32. The van der Waals surface area contributed by atoms with Crippen LogP contribution in [0.25, 0.3) is 0 Å². The van der Waals surface area contributed by atoms with E-state index >= 15 is 0 Å². The van der Waals surface area contributed by atoms with Gasteiger partial charge in [-0.2, -0.15) is 5.10 Å². The van der Waals surface area contributed by atoms with E-state index in [1.54, 1.807) is 0 Å². The van der Waals surface area contributed by atoms with E-state index in [1.807, 2.05) is 11.7 Å². The number of aromatic nitrogens is 2. The standard InChI is InChI=1S/C14H26N4/c1-10(2)12-11(15)13(17(5)16-12)18-8-6-7-14(3,4)9-18/h10H,6-9,15H2,1-5H3. The first-order valence-electron chi connectivity index (χ1n) is 6.89. The van der Waals surface area contributed by atoms with Gasteiger partial charge in [-0.05, 0) is 24.2 Å². The zero-order chi connectivity index (χ0) is 13.5. The van der Waals surface area contributed by atoms with Gasteiger partial charge in [-0.15, -0.1) is 0 Å². The van der Waals surface area contributed by atoms with Crippen molar-refractivity contribution in [3.05, 3.63) is 5.69 Å². The summed E-state index contributed by atoms with van der Waals surface area (Å²) in [6.45, 7) is 11.1. The Morgan fingerprint density at radius 3 is 2.50 bits per heavy atom. The molecular weight excluding hydrogens is 224 g/mol. The summed E-state index contributed by atoms with van der Waals surface area (Å²) in [6.07, 6.45) is 2.52. The van der Waals surface area contributed by atoms with E-state index in [2.05, 4.69) is 37.7 Å². The number of hydrogen-bond acceptors (Lipinski definition) is 3. The lowest BCUT2D eigenvalue weighted by Gasteiger charge is -2.39. The van der Waals surface area contributed by atoms with Crippen LogP contribution < -0.4 is 10.6 Å². The molecule has 0 radical (unpaired) electrons. The van der Waals surface area contributed by atoms with Crippen molar-refractivity contribution in [2.75, 3.05) is 23.7 Å². The molecule has 1 fully saturated rings. The second-order valence-electron chi connectivity index (χ2n) is 6.59. The fraction of sp³-hybridized carbons (Fsp3) is 0.786. The van der Waals surface area contributed by atoms with Crippen LogP contribution in [0.5, 0.6) is 0 Å². The van der Waals surface area contributed by atoms with Crippen LogP contribution in [0.15, 0.2) is 0 Å². The molecular formula is C14H26N4. The van der Waals surface area contributed by atoms with E-state index in [4.69, 9.17) is 5.73 Å². The summed E-state index contributed by atoms with van der Waals surface area (Å²) < 4.78 is 1.95. The van der Waals surface area contributed by atoms with Gasteiger partial charge in [0.05, 0.1) is 11.4 Å². The summed E-state index contributed by atoms with van der Waals surface area (Å²) >= 11 is 0. The monoisotopic (exact) mass is 250 g/mol. The Hall–Kier alpha value is -1.19. The maximum atomic E-state index is 6.30. The largest absolute Gasteiger partial charge is 0.394 e. The number of anilines is 2. The molecule has 1 aromatic heterocycles. The van der Waals surface area contributed by atoms with Gasteiger partial charge in [0.2, 0.25) is 0 Å². The Balaban J connectivity index is 2.33. The highest BCUT2D eigenvalue weighted by molar-refractivity contribution is 5.67. The van der Waals surface area contributed by atoms with Crippen molar-refractivity contribution in [2.24, 2.45) is 12.5 Å². The highest BCUT2D eigenvalue weighted by Gasteiger charge is 2.30. The maximum absolute atomic E-state index is 6.30. The molecule has 2 heterocycles. The lowest BCUT2D eigenvalue weighted by molar-refractivity contribution is 0.291. The molecule has 0 atom stereocenters. The molecule has 4 heteroatoms. The van der Waals surface area contributed by atoms with Crippen molar-refractivity contribution in [2.45, 2.75) is 46.5 Å². The predicted molar refractivity (Wildman–Crippen MR) is 76.9 cm³/mol. The van der Waals surface area contributed by atoms with Crippen molar-refractivity contribution in [3.63, 3.8) is 0 Å². The molecule has 0 spiro atoms. The van der Waals surface area contributed by atoms with Crippen molar-refractivity contribution in [1.29, 1.82) is 0 Å². The minimum Gasteiger partial charge on any atom is -0.394 e. The van der Waals surface area contributed by atoms with Crippen LogP contribution in [0.1, 0.15) is 52.1 Å². The average molecular weight is 250 g/mol. The van der Waals surface area contributed by atoms with Gasteiger partial charge in [-0.1, -0.05) is 27.7 Å². The summed E-state index contributed by atoms with van der Waals surface area (Å²) in [5.74, 6) is 1.48. The van der Waals surface area contributed by atoms with Crippen molar-refractivity contribution in [1.82, 2.24) is 9.78 Å². The molecule has 0 amide bonds. The molecule has 1 aliphatic heterocycles. The lowest BCUT2D eigenvalue weighted by atomic mass is 9.84. The highest BCUT2D eigenvalue weighted by atomic mass is 15.4. The molecule has 0 unspecified atom stereocenters. The number of rotatable bonds is 2. The van der Waals surface area contributed by atoms with E-state index in [0.29, 0.717) is 11.3 Å². The molecule has 18 heavy (non-hydrogen) atoms. The zero-order valence-electron chi connectivity index (χ0n) is 12.3. The molecule has 0 aliphatic carbocycles. The first-order valence-corrected chi connectivity index (χ1v) is 6.89. The van der Waals surface area contributed by atoms with Crippen LogP contribution >= 0.6 is 0 Å². The van der Waals surface area contributed by atoms with Gasteiger partial charge in [-0.3, -0.25) is 4.68 Å². The predicted octanol–water partition coefficient (Wildman–Crippen LogP) is 2.75. The maximum Gasteiger partial charge on any atom is 0.150 e. The number of aryl methyl sites for hydroxylation is 1. The second-order valence-corrected chi connectivity index (χ2v) is 6.59. The SMILES string of the molecule is CC(C)c1nn(C)c(N2CCCC(C)(C)C2)c1N. The number of nitrogens with zero attached hydrogens (tertiary/aromatic N) is 3. The lowest BCUT2D eigenvalue weighted by Crippen LogP contribution is -2.41. The van der Waals surface area contributed by atoms with Crippen LogP contribution in [0.2, 0.25) is 0 Å². The third-order valence-corrected chi connectivity index (χ3v) is 3.83. The van der Waals surface area contributed by atoms with Crippen LogP contribution in [0, 0.1) is 5.41 Å². The summed E-state index contributed by atoms with van der Waals surface area (Å²) in [5.41, 5.74) is 8.56. The minimum absolute atomic E-state index is 0.368. The Morgan fingerprint density at radius 1 is 1.33 bits per heavy atom. The Bertz CT molecular complexity index is 431. The third-order valence-electron chi connectivity index (χ3n) is 3.83. The van der Waals surface area contributed by atoms with E-state index in [0.717, 1.165) is 30.3 Å². The molecule has 1 aliphatic rings. The van der Waals surface area contributed by atoms with Crippen molar-refractivity contribution < 1.29 is 0 Å². The molecule has 102 valence electrons. The Morgan fingerprint density at radius 2 is 2.00 bits per heavy atom. The quantitative estimate of drug-likeness (QED) is 0.878. The van der Waals surface area contributed by atoms with Gasteiger partial charge >= 0.3 is 0 Å². The molecule has 1 saturated heterocycles. The van der Waals surface area contributed by atoms with Gasteiger partial charge < -0.3 is 10.6 Å². The average Bonchev–Trinajstić information content (AvgIpc) is 2.53. The summed E-state index contributed by atoms with van der Waals surface area (Å²) in [7, 11) is 2.00.